The monoisotopic (exact) mass is 353 g/mol. The average Bonchev–Trinajstić information content (AvgIpc) is 3.21. The van der Waals surface area contributed by atoms with Gasteiger partial charge in [-0.05, 0) is 17.7 Å². The maximum Gasteiger partial charge on any atom is 0.319 e. The van der Waals surface area contributed by atoms with Crippen LogP contribution in [0.2, 0.25) is 0 Å². The molecule has 2 aromatic heterocycles. The van der Waals surface area contributed by atoms with Gasteiger partial charge >= 0.3 is 6.03 Å². The second-order valence-electron chi connectivity index (χ2n) is 5.47. The molecule has 0 unspecified atom stereocenters. The van der Waals surface area contributed by atoms with E-state index in [4.69, 9.17) is 13.9 Å². The van der Waals surface area contributed by atoms with E-state index in [2.05, 4.69) is 15.6 Å². The highest BCUT2D eigenvalue weighted by Gasteiger charge is 2.07. The number of furan rings is 1. The van der Waals surface area contributed by atoms with Crippen molar-refractivity contribution in [1.82, 2.24) is 10.3 Å². The molecule has 0 saturated carbocycles. The van der Waals surface area contributed by atoms with Gasteiger partial charge in [0.15, 0.2) is 0 Å². The minimum absolute atomic E-state index is 0.334. The van der Waals surface area contributed by atoms with Crippen LogP contribution in [0.1, 0.15) is 5.56 Å². The first-order valence-corrected chi connectivity index (χ1v) is 7.93. The Hall–Kier alpha value is -3.48. The van der Waals surface area contributed by atoms with Crippen molar-refractivity contribution in [3.05, 3.63) is 60.7 Å². The minimum Gasteiger partial charge on any atom is -0.497 e. The molecule has 7 heteroatoms. The van der Waals surface area contributed by atoms with Gasteiger partial charge in [-0.15, -0.1) is 0 Å². The highest BCUT2D eigenvalue weighted by molar-refractivity contribution is 5.89. The molecule has 0 spiro atoms. The van der Waals surface area contributed by atoms with Crippen LogP contribution in [-0.4, -0.2) is 25.2 Å². The summed E-state index contributed by atoms with van der Waals surface area (Å²) in [4.78, 5) is 16.5. The standard InChI is InChI=1S/C19H19N3O4/c1-24-16-7-15(8-17(9-16)25-2)22-19(23)21-11-13-3-4-18(20-10-13)14-5-6-26-12-14/h3-10,12H,11H2,1-2H3,(H2,21,22,23). The van der Waals surface area contributed by atoms with Gasteiger partial charge in [-0.25, -0.2) is 4.79 Å². The van der Waals surface area contributed by atoms with Gasteiger partial charge in [-0.2, -0.15) is 0 Å². The molecule has 2 heterocycles. The predicted octanol–water partition coefficient (Wildman–Crippen LogP) is 3.68. The summed E-state index contributed by atoms with van der Waals surface area (Å²) >= 11 is 0. The summed E-state index contributed by atoms with van der Waals surface area (Å²) in [5, 5.41) is 5.54. The smallest absolute Gasteiger partial charge is 0.319 e. The fourth-order valence-electron chi connectivity index (χ4n) is 2.35. The van der Waals surface area contributed by atoms with Crippen LogP contribution in [0.5, 0.6) is 11.5 Å². The van der Waals surface area contributed by atoms with Crippen LogP contribution >= 0.6 is 0 Å². The molecular weight excluding hydrogens is 334 g/mol. The molecule has 0 radical (unpaired) electrons. The first-order chi connectivity index (χ1) is 12.7. The van der Waals surface area contributed by atoms with Gasteiger partial charge < -0.3 is 24.5 Å². The second kappa shape index (κ2) is 8.06. The third kappa shape index (κ3) is 4.32. The molecule has 26 heavy (non-hydrogen) atoms. The van der Waals surface area contributed by atoms with Crippen LogP contribution in [0.25, 0.3) is 11.3 Å². The summed E-state index contributed by atoms with van der Waals surface area (Å²) in [6.07, 6.45) is 4.96. The molecule has 0 atom stereocenters. The highest BCUT2D eigenvalue weighted by atomic mass is 16.5. The summed E-state index contributed by atoms with van der Waals surface area (Å²) in [5.74, 6) is 1.19. The van der Waals surface area contributed by atoms with Crippen molar-refractivity contribution in [2.45, 2.75) is 6.54 Å². The van der Waals surface area contributed by atoms with Crippen LogP contribution in [0, 0.1) is 0 Å². The Morgan fingerprint density at radius 1 is 1.12 bits per heavy atom. The number of pyridine rings is 1. The summed E-state index contributed by atoms with van der Waals surface area (Å²) in [6.45, 7) is 0.353. The Balaban J connectivity index is 1.57. The Kier molecular flexibility index (Phi) is 5.38. The number of carbonyl (C=O) groups excluding carboxylic acids is 1. The lowest BCUT2D eigenvalue weighted by Gasteiger charge is -2.11. The van der Waals surface area contributed by atoms with Crippen LogP contribution in [0.15, 0.2) is 59.5 Å². The molecule has 0 bridgehead atoms. The molecular formula is C19H19N3O4. The van der Waals surface area contributed by atoms with Gasteiger partial charge in [0.05, 0.1) is 32.4 Å². The van der Waals surface area contributed by atoms with Crippen LogP contribution in [-0.2, 0) is 6.54 Å². The van der Waals surface area contributed by atoms with Gasteiger partial charge in [0, 0.05) is 42.2 Å². The number of anilines is 1. The minimum atomic E-state index is -0.334. The number of amides is 2. The summed E-state index contributed by atoms with van der Waals surface area (Å²) in [7, 11) is 3.11. The Bertz CT molecular complexity index is 839. The summed E-state index contributed by atoms with van der Waals surface area (Å²) < 4.78 is 15.4. The molecule has 3 aromatic rings. The van der Waals surface area contributed by atoms with Crippen molar-refractivity contribution >= 4 is 11.7 Å². The number of hydrogen-bond acceptors (Lipinski definition) is 5. The zero-order chi connectivity index (χ0) is 18.4. The van der Waals surface area contributed by atoms with Crippen molar-refractivity contribution in [2.24, 2.45) is 0 Å². The highest BCUT2D eigenvalue weighted by Crippen LogP contribution is 2.25. The molecule has 1 aromatic carbocycles. The number of ether oxygens (including phenoxy) is 2. The van der Waals surface area contributed by atoms with Crippen molar-refractivity contribution in [2.75, 3.05) is 19.5 Å². The van der Waals surface area contributed by atoms with E-state index in [-0.39, 0.29) is 6.03 Å². The van der Waals surface area contributed by atoms with Crippen molar-refractivity contribution in [3.8, 4) is 22.8 Å². The SMILES string of the molecule is COc1cc(NC(=O)NCc2ccc(-c3ccoc3)nc2)cc(OC)c1. The van der Waals surface area contributed by atoms with Gasteiger partial charge in [0.2, 0.25) is 0 Å². The number of nitrogens with one attached hydrogen (secondary N) is 2. The number of hydrogen-bond donors (Lipinski definition) is 2. The van der Waals surface area contributed by atoms with Crippen molar-refractivity contribution in [1.29, 1.82) is 0 Å². The van der Waals surface area contributed by atoms with Gasteiger partial charge in [0.1, 0.15) is 11.5 Å². The van der Waals surface area contributed by atoms with Gasteiger partial charge in [-0.3, -0.25) is 4.98 Å². The normalized spacial score (nSPS) is 10.2. The summed E-state index contributed by atoms with van der Waals surface area (Å²) in [5.41, 5.74) is 3.19. The molecule has 0 fully saturated rings. The van der Waals surface area contributed by atoms with E-state index in [0.29, 0.717) is 23.7 Å². The number of nitrogens with zero attached hydrogens (tertiary/aromatic N) is 1. The lowest BCUT2D eigenvalue weighted by molar-refractivity contribution is 0.251. The number of carbonyl (C=O) groups is 1. The molecule has 134 valence electrons. The van der Waals surface area contributed by atoms with E-state index >= 15 is 0 Å². The van der Waals surface area contributed by atoms with Crippen molar-refractivity contribution < 1.29 is 18.7 Å². The molecule has 0 aliphatic carbocycles. The second-order valence-corrected chi connectivity index (χ2v) is 5.47. The number of aromatic nitrogens is 1. The van der Waals surface area contributed by atoms with Crippen LogP contribution < -0.4 is 20.1 Å². The lowest BCUT2D eigenvalue weighted by atomic mass is 10.2. The number of benzene rings is 1. The van der Waals surface area contributed by atoms with Gasteiger partial charge in [-0.1, -0.05) is 6.07 Å². The molecule has 2 amide bonds. The van der Waals surface area contributed by atoms with Crippen LogP contribution in [0.4, 0.5) is 10.5 Å². The zero-order valence-corrected chi connectivity index (χ0v) is 14.5. The van der Waals surface area contributed by atoms with E-state index in [1.54, 1.807) is 51.1 Å². The lowest BCUT2D eigenvalue weighted by Crippen LogP contribution is -2.28. The largest absolute Gasteiger partial charge is 0.497 e. The quantitative estimate of drug-likeness (QED) is 0.706. The van der Waals surface area contributed by atoms with Crippen LogP contribution in [0.3, 0.4) is 0 Å². The summed E-state index contributed by atoms with van der Waals surface area (Å²) in [6, 6.07) is 10.5. The zero-order valence-electron chi connectivity index (χ0n) is 14.5. The molecule has 0 aliphatic rings. The number of rotatable bonds is 6. The predicted molar refractivity (Wildman–Crippen MR) is 97.3 cm³/mol. The molecule has 7 nitrogen and oxygen atoms in total. The molecule has 0 saturated heterocycles. The molecule has 2 N–H and O–H groups in total. The average molecular weight is 353 g/mol. The van der Waals surface area contributed by atoms with Crippen molar-refractivity contribution in [3.63, 3.8) is 0 Å². The molecule has 3 rings (SSSR count). The third-order valence-electron chi connectivity index (χ3n) is 3.70. The number of methoxy groups -OCH3 is 2. The maximum absolute atomic E-state index is 12.1. The van der Waals surface area contributed by atoms with E-state index < -0.39 is 0 Å². The Labute approximate surface area is 151 Å². The maximum atomic E-state index is 12.1. The third-order valence-corrected chi connectivity index (χ3v) is 3.70. The molecule has 0 aliphatic heterocycles. The topological polar surface area (TPSA) is 85.6 Å². The fourth-order valence-corrected chi connectivity index (χ4v) is 2.35. The van der Waals surface area contributed by atoms with E-state index in [1.807, 2.05) is 18.2 Å². The Morgan fingerprint density at radius 2 is 1.88 bits per heavy atom. The number of urea groups is 1. The first-order valence-electron chi connectivity index (χ1n) is 7.93. The van der Waals surface area contributed by atoms with E-state index in [0.717, 1.165) is 16.8 Å². The Morgan fingerprint density at radius 3 is 2.46 bits per heavy atom. The first kappa shape index (κ1) is 17.3. The van der Waals surface area contributed by atoms with E-state index in [1.165, 1.54) is 0 Å². The fraction of sp³-hybridized carbons (Fsp3) is 0.158. The van der Waals surface area contributed by atoms with E-state index in [9.17, 15) is 4.79 Å². The van der Waals surface area contributed by atoms with Gasteiger partial charge in [0.25, 0.3) is 0 Å².